The van der Waals surface area contributed by atoms with E-state index in [1.54, 1.807) is 16.8 Å². The van der Waals surface area contributed by atoms with Gasteiger partial charge in [0.1, 0.15) is 5.82 Å². The minimum absolute atomic E-state index is 0.00482. The van der Waals surface area contributed by atoms with E-state index in [1.165, 1.54) is 12.1 Å². The monoisotopic (exact) mass is 337 g/mol. The van der Waals surface area contributed by atoms with Gasteiger partial charge in [-0.3, -0.25) is 4.79 Å². The molecule has 128 valence electrons. The highest BCUT2D eigenvalue weighted by atomic mass is 19.1. The zero-order valence-electron chi connectivity index (χ0n) is 14.3. The average molecular weight is 337 g/mol. The Hall–Kier alpha value is -2.95. The molecule has 25 heavy (non-hydrogen) atoms. The topological polar surface area (TPSA) is 46.9 Å². The molecule has 0 unspecified atom stereocenters. The normalized spacial score (nSPS) is 10.7. The molecule has 0 spiro atoms. The summed E-state index contributed by atoms with van der Waals surface area (Å²) in [5.74, 6) is -0.254. The predicted molar refractivity (Wildman–Crippen MR) is 95.8 cm³/mol. The van der Waals surface area contributed by atoms with Crippen LogP contribution in [0.5, 0.6) is 0 Å². The molecule has 0 aliphatic rings. The molecule has 0 aliphatic heterocycles. The average Bonchev–Trinajstić information content (AvgIpc) is 3.06. The van der Waals surface area contributed by atoms with E-state index in [1.807, 2.05) is 44.3 Å². The minimum Gasteiger partial charge on any atom is -0.352 e. The summed E-state index contributed by atoms with van der Waals surface area (Å²) in [7, 11) is 0. The number of carbonyl (C=O) groups is 1. The third kappa shape index (κ3) is 3.94. The highest BCUT2D eigenvalue weighted by Crippen LogP contribution is 2.25. The van der Waals surface area contributed by atoms with E-state index in [2.05, 4.69) is 10.4 Å². The lowest BCUT2D eigenvalue weighted by Crippen LogP contribution is -2.22. The molecule has 0 atom stereocenters. The number of aryl methyl sites for hydroxylation is 1. The first-order valence-electron chi connectivity index (χ1n) is 8.25. The number of aromatic nitrogens is 2. The van der Waals surface area contributed by atoms with Gasteiger partial charge in [-0.2, -0.15) is 5.10 Å². The van der Waals surface area contributed by atoms with Gasteiger partial charge in [0.2, 0.25) is 5.91 Å². The number of halogens is 1. The molecule has 4 nitrogen and oxygen atoms in total. The van der Waals surface area contributed by atoms with Gasteiger partial charge in [0.25, 0.3) is 0 Å². The standard InChI is InChI=1S/C20H20FN3O/c1-3-20(25)22-13-17-5-4-16(15-6-8-18(21)9-7-15)12-19(17)24-11-10-14(2)23-24/h4-12H,3,13H2,1-2H3,(H,22,25). The molecule has 1 amide bonds. The van der Waals surface area contributed by atoms with Crippen LogP contribution >= 0.6 is 0 Å². The van der Waals surface area contributed by atoms with Gasteiger partial charge in [0.05, 0.1) is 11.4 Å². The lowest BCUT2D eigenvalue weighted by Gasteiger charge is -2.13. The number of carbonyl (C=O) groups excluding carboxylic acids is 1. The van der Waals surface area contributed by atoms with Crippen molar-refractivity contribution in [1.82, 2.24) is 15.1 Å². The van der Waals surface area contributed by atoms with Crippen molar-refractivity contribution < 1.29 is 9.18 Å². The number of benzene rings is 2. The molecule has 1 heterocycles. The number of nitrogens with one attached hydrogen (secondary N) is 1. The molecule has 3 rings (SSSR count). The Labute approximate surface area is 146 Å². The highest BCUT2D eigenvalue weighted by Gasteiger charge is 2.10. The molecule has 1 aromatic heterocycles. The smallest absolute Gasteiger partial charge is 0.219 e. The van der Waals surface area contributed by atoms with Crippen LogP contribution in [0.1, 0.15) is 24.6 Å². The van der Waals surface area contributed by atoms with E-state index in [0.717, 1.165) is 28.1 Å². The Balaban J connectivity index is 2.00. The summed E-state index contributed by atoms with van der Waals surface area (Å²) in [6, 6.07) is 14.3. The molecule has 0 saturated heterocycles. The fourth-order valence-electron chi connectivity index (χ4n) is 2.62. The summed E-state index contributed by atoms with van der Waals surface area (Å²) in [5.41, 5.74) is 4.67. The van der Waals surface area contributed by atoms with Crippen LogP contribution in [0.15, 0.2) is 54.7 Å². The maximum atomic E-state index is 13.2. The number of hydrogen-bond donors (Lipinski definition) is 1. The molecule has 0 aliphatic carbocycles. The lowest BCUT2D eigenvalue weighted by molar-refractivity contribution is -0.120. The van der Waals surface area contributed by atoms with Gasteiger partial charge in [-0.25, -0.2) is 9.07 Å². The summed E-state index contributed by atoms with van der Waals surface area (Å²) in [6.07, 6.45) is 2.34. The van der Waals surface area contributed by atoms with E-state index >= 15 is 0 Å². The largest absolute Gasteiger partial charge is 0.352 e. The zero-order chi connectivity index (χ0) is 17.8. The quantitative estimate of drug-likeness (QED) is 0.764. The maximum Gasteiger partial charge on any atom is 0.219 e. The highest BCUT2D eigenvalue weighted by molar-refractivity contribution is 5.75. The summed E-state index contributed by atoms with van der Waals surface area (Å²) >= 11 is 0. The van der Waals surface area contributed by atoms with Gasteiger partial charge in [0.15, 0.2) is 0 Å². The van der Waals surface area contributed by atoms with Crippen LogP contribution in [-0.4, -0.2) is 15.7 Å². The third-order valence-electron chi connectivity index (χ3n) is 4.03. The van der Waals surface area contributed by atoms with Crippen molar-refractivity contribution in [2.45, 2.75) is 26.8 Å². The fraction of sp³-hybridized carbons (Fsp3) is 0.200. The Kier molecular flexibility index (Phi) is 4.93. The van der Waals surface area contributed by atoms with Crippen molar-refractivity contribution >= 4 is 5.91 Å². The summed E-state index contributed by atoms with van der Waals surface area (Å²) < 4.78 is 15.0. The maximum absolute atomic E-state index is 13.2. The van der Waals surface area contributed by atoms with Crippen LogP contribution < -0.4 is 5.32 Å². The Bertz CT molecular complexity index is 884. The molecule has 0 fully saturated rings. The van der Waals surface area contributed by atoms with Crippen LogP contribution in [0.25, 0.3) is 16.8 Å². The molecular formula is C20H20FN3O. The second kappa shape index (κ2) is 7.30. The van der Waals surface area contributed by atoms with Crippen molar-refractivity contribution in [1.29, 1.82) is 0 Å². The van der Waals surface area contributed by atoms with Gasteiger partial charge >= 0.3 is 0 Å². The molecule has 0 radical (unpaired) electrons. The Morgan fingerprint density at radius 2 is 1.84 bits per heavy atom. The molecule has 0 saturated carbocycles. The summed E-state index contributed by atoms with van der Waals surface area (Å²) in [4.78, 5) is 11.6. The molecule has 1 N–H and O–H groups in total. The first-order chi connectivity index (χ1) is 12.1. The second-order valence-corrected chi connectivity index (χ2v) is 5.88. The van der Waals surface area contributed by atoms with Crippen molar-refractivity contribution in [2.24, 2.45) is 0 Å². The minimum atomic E-state index is -0.259. The van der Waals surface area contributed by atoms with E-state index in [9.17, 15) is 9.18 Å². The molecular weight excluding hydrogens is 317 g/mol. The summed E-state index contributed by atoms with van der Waals surface area (Å²) in [5, 5.41) is 7.38. The van der Waals surface area contributed by atoms with Crippen LogP contribution in [0, 0.1) is 12.7 Å². The van der Waals surface area contributed by atoms with E-state index in [-0.39, 0.29) is 11.7 Å². The number of hydrogen-bond acceptors (Lipinski definition) is 2. The van der Waals surface area contributed by atoms with E-state index in [0.29, 0.717) is 13.0 Å². The van der Waals surface area contributed by atoms with Crippen molar-refractivity contribution in [3.8, 4) is 16.8 Å². The van der Waals surface area contributed by atoms with Gasteiger partial charge in [-0.05, 0) is 47.9 Å². The van der Waals surface area contributed by atoms with Gasteiger partial charge in [0, 0.05) is 19.2 Å². The van der Waals surface area contributed by atoms with E-state index < -0.39 is 0 Å². The fourth-order valence-corrected chi connectivity index (χ4v) is 2.62. The van der Waals surface area contributed by atoms with Crippen LogP contribution in [-0.2, 0) is 11.3 Å². The van der Waals surface area contributed by atoms with E-state index in [4.69, 9.17) is 0 Å². The van der Waals surface area contributed by atoms with Crippen LogP contribution in [0.3, 0.4) is 0 Å². The molecule has 2 aromatic carbocycles. The summed E-state index contributed by atoms with van der Waals surface area (Å²) in [6.45, 7) is 4.19. The van der Waals surface area contributed by atoms with Gasteiger partial charge < -0.3 is 5.32 Å². The number of amides is 1. The molecule has 5 heteroatoms. The Morgan fingerprint density at radius 3 is 2.48 bits per heavy atom. The lowest BCUT2D eigenvalue weighted by atomic mass is 10.0. The van der Waals surface area contributed by atoms with Gasteiger partial charge in [-0.15, -0.1) is 0 Å². The van der Waals surface area contributed by atoms with Crippen molar-refractivity contribution in [2.75, 3.05) is 0 Å². The van der Waals surface area contributed by atoms with Crippen molar-refractivity contribution in [3.63, 3.8) is 0 Å². The molecule has 3 aromatic rings. The van der Waals surface area contributed by atoms with Crippen molar-refractivity contribution in [3.05, 3.63) is 71.8 Å². The first kappa shape index (κ1) is 16.9. The van der Waals surface area contributed by atoms with Gasteiger partial charge in [-0.1, -0.05) is 31.2 Å². The first-order valence-corrected chi connectivity index (χ1v) is 8.25. The van der Waals surface area contributed by atoms with Crippen LogP contribution in [0.2, 0.25) is 0 Å². The number of nitrogens with zero attached hydrogens (tertiary/aromatic N) is 2. The predicted octanol–water partition coefficient (Wildman–Crippen LogP) is 4.01. The second-order valence-electron chi connectivity index (χ2n) is 5.88. The zero-order valence-corrected chi connectivity index (χ0v) is 14.3. The molecule has 0 bridgehead atoms. The van der Waals surface area contributed by atoms with Crippen LogP contribution in [0.4, 0.5) is 4.39 Å². The Morgan fingerprint density at radius 1 is 1.12 bits per heavy atom. The third-order valence-corrected chi connectivity index (χ3v) is 4.03. The SMILES string of the molecule is CCC(=O)NCc1ccc(-c2ccc(F)cc2)cc1-n1ccc(C)n1. The number of rotatable bonds is 5.